The zero-order valence-corrected chi connectivity index (χ0v) is 11.4. The zero-order valence-electron chi connectivity index (χ0n) is 11.4. The monoisotopic (exact) mass is 289 g/mol. The van der Waals surface area contributed by atoms with Crippen LogP contribution in [0.1, 0.15) is 25.0 Å². The van der Waals surface area contributed by atoms with Gasteiger partial charge in [0.1, 0.15) is 0 Å². The Morgan fingerprint density at radius 3 is 2.35 bits per heavy atom. The summed E-state index contributed by atoms with van der Waals surface area (Å²) in [6.07, 6.45) is -4.50. The molecular weight excluding hydrogens is 271 g/mol. The number of hydrogen-bond acceptors (Lipinski definition) is 2. The van der Waals surface area contributed by atoms with Crippen LogP contribution in [0.2, 0.25) is 0 Å². The van der Waals surface area contributed by atoms with Gasteiger partial charge in [-0.25, -0.2) is 4.79 Å². The molecule has 1 aromatic rings. The van der Waals surface area contributed by atoms with Crippen molar-refractivity contribution in [1.82, 2.24) is 4.90 Å². The fourth-order valence-corrected chi connectivity index (χ4v) is 1.81. The highest BCUT2D eigenvalue weighted by molar-refractivity contribution is 5.89. The molecule has 3 N–H and O–H groups in total. The Labute approximate surface area is 115 Å². The maximum Gasteiger partial charge on any atom is 0.416 e. The van der Waals surface area contributed by atoms with Crippen molar-refractivity contribution in [2.24, 2.45) is 5.73 Å². The van der Waals surface area contributed by atoms with Crippen molar-refractivity contribution < 1.29 is 18.0 Å². The van der Waals surface area contributed by atoms with E-state index in [0.29, 0.717) is 13.1 Å². The third-order valence-corrected chi connectivity index (χ3v) is 2.94. The molecule has 0 aliphatic heterocycles. The summed E-state index contributed by atoms with van der Waals surface area (Å²) >= 11 is 0. The fraction of sp³-hybridized carbons (Fsp3) is 0.462. The van der Waals surface area contributed by atoms with Gasteiger partial charge in [0.25, 0.3) is 0 Å². The molecule has 0 saturated heterocycles. The summed E-state index contributed by atoms with van der Waals surface area (Å²) in [6.45, 7) is 4.34. The molecule has 2 amide bonds. The molecule has 7 heteroatoms. The van der Waals surface area contributed by atoms with Crippen LogP contribution in [0.5, 0.6) is 0 Å². The second-order valence-corrected chi connectivity index (χ2v) is 4.18. The van der Waals surface area contributed by atoms with Gasteiger partial charge >= 0.3 is 12.2 Å². The Balaban J connectivity index is 3.01. The van der Waals surface area contributed by atoms with Crippen molar-refractivity contribution in [1.29, 1.82) is 0 Å². The number of alkyl halides is 3. The standard InChI is InChI=1S/C13H18F3N3O/c1-3-19(4-2)12(20)18-10-6-5-9(8-17)11(7-10)13(14,15)16/h5-7H,3-4,8,17H2,1-2H3,(H,18,20). The lowest BCUT2D eigenvalue weighted by Gasteiger charge is -2.20. The van der Waals surface area contributed by atoms with Crippen LogP contribution in [-0.4, -0.2) is 24.0 Å². The number of amides is 2. The SMILES string of the molecule is CCN(CC)C(=O)Nc1ccc(CN)c(C(F)(F)F)c1. The number of nitrogens with zero attached hydrogens (tertiary/aromatic N) is 1. The summed E-state index contributed by atoms with van der Waals surface area (Å²) in [5.41, 5.74) is 4.57. The van der Waals surface area contributed by atoms with Crippen LogP contribution in [-0.2, 0) is 12.7 Å². The summed E-state index contributed by atoms with van der Waals surface area (Å²) in [5.74, 6) is 0. The molecule has 4 nitrogen and oxygen atoms in total. The normalized spacial score (nSPS) is 11.3. The quantitative estimate of drug-likeness (QED) is 0.895. The smallest absolute Gasteiger partial charge is 0.326 e. The van der Waals surface area contributed by atoms with E-state index in [4.69, 9.17) is 5.73 Å². The van der Waals surface area contributed by atoms with Crippen LogP contribution >= 0.6 is 0 Å². The van der Waals surface area contributed by atoms with Crippen LogP contribution in [0.3, 0.4) is 0 Å². The van der Waals surface area contributed by atoms with E-state index in [1.54, 1.807) is 13.8 Å². The Morgan fingerprint density at radius 2 is 1.90 bits per heavy atom. The van der Waals surface area contributed by atoms with E-state index >= 15 is 0 Å². The molecule has 0 spiro atoms. The second kappa shape index (κ2) is 6.60. The Morgan fingerprint density at radius 1 is 1.30 bits per heavy atom. The number of halogens is 3. The first-order valence-electron chi connectivity index (χ1n) is 6.29. The third kappa shape index (κ3) is 3.86. The molecule has 0 radical (unpaired) electrons. The second-order valence-electron chi connectivity index (χ2n) is 4.18. The minimum absolute atomic E-state index is 0.00154. The van der Waals surface area contributed by atoms with Crippen molar-refractivity contribution in [3.63, 3.8) is 0 Å². The fourth-order valence-electron chi connectivity index (χ4n) is 1.81. The lowest BCUT2D eigenvalue weighted by atomic mass is 10.1. The van der Waals surface area contributed by atoms with Crippen LogP contribution in [0.4, 0.5) is 23.7 Å². The molecule has 1 rings (SSSR count). The number of rotatable bonds is 4. The maximum absolute atomic E-state index is 12.9. The molecule has 0 atom stereocenters. The van der Waals surface area contributed by atoms with Crippen molar-refractivity contribution in [3.8, 4) is 0 Å². The van der Waals surface area contributed by atoms with Crippen molar-refractivity contribution >= 4 is 11.7 Å². The van der Waals surface area contributed by atoms with Crippen molar-refractivity contribution in [2.45, 2.75) is 26.6 Å². The molecule has 0 aromatic heterocycles. The van der Waals surface area contributed by atoms with Gasteiger partial charge in [0.15, 0.2) is 0 Å². The topological polar surface area (TPSA) is 58.4 Å². The van der Waals surface area contributed by atoms with Crippen LogP contribution in [0.25, 0.3) is 0 Å². The number of anilines is 1. The highest BCUT2D eigenvalue weighted by Crippen LogP contribution is 2.33. The summed E-state index contributed by atoms with van der Waals surface area (Å²) in [6, 6.07) is 3.17. The summed E-state index contributed by atoms with van der Waals surface area (Å²) in [5, 5.41) is 2.45. The Hall–Kier alpha value is -1.76. The first-order valence-corrected chi connectivity index (χ1v) is 6.29. The number of hydrogen-bond donors (Lipinski definition) is 2. The molecule has 0 fully saturated rings. The molecule has 0 aliphatic rings. The molecular formula is C13H18F3N3O. The number of carbonyl (C=O) groups is 1. The van der Waals surface area contributed by atoms with Gasteiger partial charge in [0.2, 0.25) is 0 Å². The van der Waals surface area contributed by atoms with Crippen LogP contribution < -0.4 is 11.1 Å². The minimum atomic E-state index is -4.50. The summed E-state index contributed by atoms with van der Waals surface area (Å²) < 4.78 is 38.6. The van der Waals surface area contributed by atoms with Gasteiger partial charge in [-0.05, 0) is 31.5 Å². The van der Waals surface area contributed by atoms with Crippen molar-refractivity contribution in [3.05, 3.63) is 29.3 Å². The molecule has 0 unspecified atom stereocenters. The van der Waals surface area contributed by atoms with E-state index in [0.717, 1.165) is 6.07 Å². The molecule has 0 bridgehead atoms. The van der Waals surface area contributed by atoms with Gasteiger partial charge in [0.05, 0.1) is 5.56 Å². The van der Waals surface area contributed by atoms with E-state index in [9.17, 15) is 18.0 Å². The molecule has 112 valence electrons. The average Bonchev–Trinajstić information content (AvgIpc) is 2.39. The largest absolute Gasteiger partial charge is 0.416 e. The van der Waals surface area contributed by atoms with Gasteiger partial charge in [-0.1, -0.05) is 6.07 Å². The van der Waals surface area contributed by atoms with Gasteiger partial charge in [-0.15, -0.1) is 0 Å². The van der Waals surface area contributed by atoms with E-state index in [1.165, 1.54) is 17.0 Å². The van der Waals surface area contributed by atoms with Gasteiger partial charge in [0, 0.05) is 25.3 Å². The van der Waals surface area contributed by atoms with Gasteiger partial charge in [-0.2, -0.15) is 13.2 Å². The van der Waals surface area contributed by atoms with E-state index in [2.05, 4.69) is 5.32 Å². The summed E-state index contributed by atoms with van der Waals surface area (Å²) in [4.78, 5) is 13.3. The summed E-state index contributed by atoms with van der Waals surface area (Å²) in [7, 11) is 0. The number of nitrogens with two attached hydrogens (primary N) is 1. The van der Waals surface area contributed by atoms with Crippen molar-refractivity contribution in [2.75, 3.05) is 18.4 Å². The highest BCUT2D eigenvalue weighted by Gasteiger charge is 2.33. The number of urea groups is 1. The van der Waals surface area contributed by atoms with E-state index in [1.807, 2.05) is 0 Å². The Kier molecular flexibility index (Phi) is 5.38. The van der Waals surface area contributed by atoms with Gasteiger partial charge < -0.3 is 16.0 Å². The average molecular weight is 289 g/mol. The van der Waals surface area contributed by atoms with Crippen LogP contribution in [0.15, 0.2) is 18.2 Å². The lowest BCUT2D eigenvalue weighted by Crippen LogP contribution is -2.34. The molecule has 1 aromatic carbocycles. The minimum Gasteiger partial charge on any atom is -0.326 e. The number of nitrogens with one attached hydrogen (secondary N) is 1. The van der Waals surface area contributed by atoms with Crippen LogP contribution in [0, 0.1) is 0 Å². The Bertz CT molecular complexity index is 470. The molecule has 0 saturated carbocycles. The lowest BCUT2D eigenvalue weighted by molar-refractivity contribution is -0.138. The third-order valence-electron chi connectivity index (χ3n) is 2.94. The molecule has 0 heterocycles. The number of carbonyl (C=O) groups excluding carboxylic acids is 1. The number of benzene rings is 1. The highest BCUT2D eigenvalue weighted by atomic mass is 19.4. The zero-order chi connectivity index (χ0) is 15.3. The van der Waals surface area contributed by atoms with Gasteiger partial charge in [-0.3, -0.25) is 0 Å². The molecule has 20 heavy (non-hydrogen) atoms. The maximum atomic E-state index is 12.9. The molecule has 0 aliphatic carbocycles. The first kappa shape index (κ1) is 16.3. The van der Waals surface area contributed by atoms with E-state index < -0.39 is 17.8 Å². The van der Waals surface area contributed by atoms with E-state index in [-0.39, 0.29) is 17.8 Å². The first-order chi connectivity index (χ1) is 9.33. The predicted molar refractivity (Wildman–Crippen MR) is 71.3 cm³/mol. The predicted octanol–water partition coefficient (Wildman–Crippen LogP) is 3.04.